The number of carbonyl (C=O) groups excluding carboxylic acids is 1. The van der Waals surface area contributed by atoms with Crippen molar-refractivity contribution in [3.05, 3.63) is 36.2 Å². The van der Waals surface area contributed by atoms with E-state index in [9.17, 15) is 4.79 Å². The van der Waals surface area contributed by atoms with Crippen molar-refractivity contribution in [1.82, 2.24) is 9.88 Å². The fourth-order valence-electron chi connectivity index (χ4n) is 1.79. The molecule has 0 aliphatic rings. The molecule has 0 unspecified atom stereocenters. The quantitative estimate of drug-likeness (QED) is 0.599. The highest BCUT2D eigenvalue weighted by Crippen LogP contribution is 2.15. The molecule has 0 atom stereocenters. The van der Waals surface area contributed by atoms with E-state index in [2.05, 4.69) is 4.98 Å². The topological polar surface area (TPSA) is 55.6 Å². The van der Waals surface area contributed by atoms with Crippen LogP contribution in [0.5, 0.6) is 0 Å². The van der Waals surface area contributed by atoms with Gasteiger partial charge in [-0.25, -0.2) is 4.98 Å². The fourth-order valence-corrected chi connectivity index (χ4v) is 1.79. The van der Waals surface area contributed by atoms with Crippen molar-refractivity contribution in [2.75, 3.05) is 27.3 Å². The first-order valence-electron chi connectivity index (χ1n) is 6.48. The molecule has 1 amide bonds. The molecular weight excluding hydrogens is 256 g/mol. The van der Waals surface area contributed by atoms with Crippen LogP contribution in [0.3, 0.4) is 0 Å². The minimum absolute atomic E-state index is 0.0802. The molecule has 0 spiro atoms. The average molecular weight is 274 g/mol. The molecule has 0 bridgehead atoms. The van der Waals surface area contributed by atoms with Gasteiger partial charge in [0.1, 0.15) is 5.52 Å². The number of hydrogen-bond donors (Lipinski definition) is 0. The van der Waals surface area contributed by atoms with Crippen molar-refractivity contribution in [1.29, 1.82) is 0 Å². The molecule has 1 aromatic carbocycles. The number of likely N-dealkylation sites (N-methyl/N-ethyl adjacent to an activating group) is 1. The van der Waals surface area contributed by atoms with Crippen LogP contribution in [0, 0.1) is 0 Å². The maximum atomic E-state index is 11.9. The Bertz CT molecular complexity index is 571. The first-order valence-corrected chi connectivity index (χ1v) is 6.48. The minimum Gasteiger partial charge on any atom is -0.437 e. The van der Waals surface area contributed by atoms with Gasteiger partial charge in [-0.15, -0.1) is 0 Å². The third-order valence-electron chi connectivity index (χ3n) is 2.90. The second-order valence-corrected chi connectivity index (χ2v) is 4.46. The number of oxazole rings is 1. The maximum absolute atomic E-state index is 11.9. The number of carbonyl (C=O) groups is 1. The van der Waals surface area contributed by atoms with E-state index in [-0.39, 0.29) is 5.91 Å². The molecule has 5 nitrogen and oxygen atoms in total. The second kappa shape index (κ2) is 6.86. The third-order valence-corrected chi connectivity index (χ3v) is 2.90. The number of ether oxygens (including phenoxy) is 1. The fraction of sp³-hybridized carbons (Fsp3) is 0.333. The Morgan fingerprint density at radius 3 is 3.00 bits per heavy atom. The van der Waals surface area contributed by atoms with Gasteiger partial charge in [-0.1, -0.05) is 12.1 Å². The zero-order chi connectivity index (χ0) is 14.4. The van der Waals surface area contributed by atoms with E-state index in [1.165, 1.54) is 6.08 Å². The molecule has 0 radical (unpaired) electrons. The van der Waals surface area contributed by atoms with E-state index in [1.54, 1.807) is 25.1 Å². The summed E-state index contributed by atoms with van der Waals surface area (Å²) in [6, 6.07) is 7.50. The summed E-state index contributed by atoms with van der Waals surface area (Å²) in [4.78, 5) is 17.8. The van der Waals surface area contributed by atoms with Crippen LogP contribution in [0.25, 0.3) is 17.2 Å². The van der Waals surface area contributed by atoms with Crippen LogP contribution in [-0.4, -0.2) is 43.1 Å². The summed E-state index contributed by atoms with van der Waals surface area (Å²) in [5.41, 5.74) is 1.50. The number of aromatic nitrogens is 1. The number of amides is 1. The van der Waals surface area contributed by atoms with E-state index in [0.29, 0.717) is 24.6 Å². The van der Waals surface area contributed by atoms with Crippen LogP contribution in [-0.2, 0) is 9.53 Å². The first-order chi connectivity index (χ1) is 9.70. The second-order valence-electron chi connectivity index (χ2n) is 4.46. The number of methoxy groups -OCH3 is 1. The molecule has 106 valence electrons. The van der Waals surface area contributed by atoms with Crippen LogP contribution in [0.15, 0.2) is 34.8 Å². The number of para-hydroxylation sites is 2. The predicted molar refractivity (Wildman–Crippen MR) is 77.2 cm³/mol. The molecule has 5 heteroatoms. The largest absolute Gasteiger partial charge is 0.437 e. The van der Waals surface area contributed by atoms with Crippen molar-refractivity contribution in [2.24, 2.45) is 0 Å². The van der Waals surface area contributed by atoms with Gasteiger partial charge in [-0.2, -0.15) is 0 Å². The van der Waals surface area contributed by atoms with Gasteiger partial charge in [-0.05, 0) is 18.6 Å². The zero-order valence-corrected chi connectivity index (χ0v) is 11.7. The standard InChI is InChI=1S/C15H18N2O3/c1-17(10-5-11-19-2)15(18)9-8-14-16-12-6-3-4-7-13(12)20-14/h3-4,6-9H,5,10-11H2,1-2H3/b9-8+. The van der Waals surface area contributed by atoms with Crippen molar-refractivity contribution in [2.45, 2.75) is 6.42 Å². The maximum Gasteiger partial charge on any atom is 0.246 e. The lowest BCUT2D eigenvalue weighted by Crippen LogP contribution is -2.26. The van der Waals surface area contributed by atoms with E-state index < -0.39 is 0 Å². The molecular formula is C15H18N2O3. The number of hydrogen-bond acceptors (Lipinski definition) is 4. The normalized spacial score (nSPS) is 11.3. The predicted octanol–water partition coefficient (Wildman–Crippen LogP) is 2.34. The van der Waals surface area contributed by atoms with Crippen molar-refractivity contribution in [3.8, 4) is 0 Å². The van der Waals surface area contributed by atoms with Crippen LogP contribution in [0.1, 0.15) is 12.3 Å². The highest BCUT2D eigenvalue weighted by molar-refractivity contribution is 5.91. The monoisotopic (exact) mass is 274 g/mol. The summed E-state index contributed by atoms with van der Waals surface area (Å²) < 4.78 is 10.5. The molecule has 0 aliphatic carbocycles. The smallest absolute Gasteiger partial charge is 0.246 e. The van der Waals surface area contributed by atoms with Gasteiger partial charge in [0.25, 0.3) is 0 Å². The van der Waals surface area contributed by atoms with Gasteiger partial charge in [0.05, 0.1) is 0 Å². The van der Waals surface area contributed by atoms with Gasteiger partial charge in [0, 0.05) is 39.5 Å². The Hall–Kier alpha value is -2.14. The van der Waals surface area contributed by atoms with E-state index in [1.807, 2.05) is 24.3 Å². The molecule has 20 heavy (non-hydrogen) atoms. The van der Waals surface area contributed by atoms with Crippen LogP contribution < -0.4 is 0 Å². The van der Waals surface area contributed by atoms with Crippen LogP contribution >= 0.6 is 0 Å². The number of rotatable bonds is 6. The van der Waals surface area contributed by atoms with Gasteiger partial charge >= 0.3 is 0 Å². The Morgan fingerprint density at radius 2 is 2.25 bits per heavy atom. The molecule has 0 saturated heterocycles. The molecule has 0 aliphatic heterocycles. The Balaban J connectivity index is 1.96. The first kappa shape index (κ1) is 14.3. The number of fused-ring (bicyclic) bond motifs is 1. The summed E-state index contributed by atoms with van der Waals surface area (Å²) in [6.07, 6.45) is 3.88. The Morgan fingerprint density at radius 1 is 1.45 bits per heavy atom. The zero-order valence-electron chi connectivity index (χ0n) is 11.7. The van der Waals surface area contributed by atoms with Crippen LogP contribution in [0.4, 0.5) is 0 Å². The van der Waals surface area contributed by atoms with E-state index in [0.717, 1.165) is 11.9 Å². The van der Waals surface area contributed by atoms with E-state index in [4.69, 9.17) is 9.15 Å². The SMILES string of the molecule is COCCCN(C)C(=O)/C=C/c1nc2ccccc2o1. The lowest BCUT2D eigenvalue weighted by atomic mass is 10.3. The molecule has 0 fully saturated rings. The van der Waals surface area contributed by atoms with Crippen LogP contribution in [0.2, 0.25) is 0 Å². The Kier molecular flexibility index (Phi) is 4.90. The van der Waals surface area contributed by atoms with Crippen molar-refractivity contribution < 1.29 is 13.9 Å². The highest BCUT2D eigenvalue weighted by atomic mass is 16.5. The summed E-state index contributed by atoms with van der Waals surface area (Å²) >= 11 is 0. The molecule has 0 saturated carbocycles. The number of nitrogens with zero attached hydrogens (tertiary/aromatic N) is 2. The Labute approximate surface area is 117 Å². The van der Waals surface area contributed by atoms with Gasteiger partial charge in [0.2, 0.25) is 11.8 Å². The summed E-state index contributed by atoms with van der Waals surface area (Å²) in [6.45, 7) is 1.30. The van der Waals surface area contributed by atoms with Gasteiger partial charge < -0.3 is 14.1 Å². The lowest BCUT2D eigenvalue weighted by molar-refractivity contribution is -0.124. The van der Waals surface area contributed by atoms with Crippen molar-refractivity contribution >= 4 is 23.1 Å². The molecule has 1 aromatic heterocycles. The lowest BCUT2D eigenvalue weighted by Gasteiger charge is -2.14. The summed E-state index contributed by atoms with van der Waals surface area (Å²) in [5.74, 6) is 0.355. The third kappa shape index (κ3) is 3.68. The highest BCUT2D eigenvalue weighted by Gasteiger charge is 2.06. The minimum atomic E-state index is -0.0802. The average Bonchev–Trinajstić information content (AvgIpc) is 2.87. The molecule has 0 N–H and O–H groups in total. The van der Waals surface area contributed by atoms with E-state index >= 15 is 0 Å². The summed E-state index contributed by atoms with van der Waals surface area (Å²) in [5, 5.41) is 0. The molecule has 2 aromatic rings. The molecule has 2 rings (SSSR count). The molecule has 1 heterocycles. The van der Waals surface area contributed by atoms with Gasteiger partial charge in [0.15, 0.2) is 5.58 Å². The number of benzene rings is 1. The summed E-state index contributed by atoms with van der Waals surface area (Å²) in [7, 11) is 3.41. The van der Waals surface area contributed by atoms with Crippen molar-refractivity contribution in [3.63, 3.8) is 0 Å². The van der Waals surface area contributed by atoms with Gasteiger partial charge in [-0.3, -0.25) is 4.79 Å².